The van der Waals surface area contributed by atoms with Crippen LogP contribution in [-0.2, 0) is 0 Å². The highest BCUT2D eigenvalue weighted by molar-refractivity contribution is 14.1. The zero-order chi connectivity index (χ0) is 11.7. The normalized spacial score (nSPS) is 22.5. The van der Waals surface area contributed by atoms with E-state index in [1.165, 1.54) is 13.1 Å². The molecule has 0 unspecified atom stereocenters. The average Bonchev–Trinajstić information content (AvgIpc) is 2.31. The van der Waals surface area contributed by atoms with E-state index in [9.17, 15) is 0 Å². The maximum atomic E-state index is 4.36. The highest BCUT2D eigenvalue weighted by Crippen LogP contribution is 2.25. The summed E-state index contributed by atoms with van der Waals surface area (Å²) in [6.45, 7) is 6.82. The number of hydrogen-bond donors (Lipinski definition) is 1. The number of nitrogens with zero attached hydrogens (tertiary/aromatic N) is 4. The minimum Gasteiger partial charge on any atom is -0.352 e. The van der Waals surface area contributed by atoms with E-state index in [4.69, 9.17) is 0 Å². The van der Waals surface area contributed by atoms with Gasteiger partial charge in [0.15, 0.2) is 0 Å². The number of hydrogen-bond acceptors (Lipinski definition) is 5. The Morgan fingerprint density at radius 3 is 2.76 bits per heavy atom. The van der Waals surface area contributed by atoms with Gasteiger partial charge in [-0.2, -0.15) is 0 Å². The van der Waals surface area contributed by atoms with Crippen molar-refractivity contribution >= 4 is 28.4 Å². The predicted octanol–water partition coefficient (Wildman–Crippen LogP) is 0.175. The molecule has 3 rings (SSSR count). The Bertz CT molecular complexity index is 387. The Kier molecular flexibility index (Phi) is 3.44. The molecule has 5 nitrogen and oxygen atoms in total. The van der Waals surface area contributed by atoms with Crippen molar-refractivity contribution in [1.82, 2.24) is 20.2 Å². The zero-order valence-corrected chi connectivity index (χ0v) is 11.8. The minimum absolute atomic E-state index is 0.711. The smallest absolute Gasteiger partial charge is 0.145 e. The fourth-order valence-corrected chi connectivity index (χ4v) is 3.09. The Balaban J connectivity index is 1.59. The largest absolute Gasteiger partial charge is 0.352 e. The highest BCUT2D eigenvalue weighted by Gasteiger charge is 2.33. The Labute approximate surface area is 115 Å². The van der Waals surface area contributed by atoms with Gasteiger partial charge in [-0.3, -0.25) is 4.90 Å². The molecule has 1 N–H and O–H groups in total. The molecule has 3 heterocycles. The number of aromatic nitrogens is 2. The van der Waals surface area contributed by atoms with Crippen LogP contribution >= 0.6 is 22.6 Å². The summed E-state index contributed by atoms with van der Waals surface area (Å²) in [6.07, 6.45) is 3.51. The summed E-state index contributed by atoms with van der Waals surface area (Å²) in [4.78, 5) is 13.3. The average molecular weight is 345 g/mol. The molecule has 1 aromatic rings. The Morgan fingerprint density at radius 2 is 2.06 bits per heavy atom. The molecule has 6 heteroatoms. The first-order chi connectivity index (χ1) is 8.34. The second-order valence-electron chi connectivity index (χ2n) is 4.54. The molecule has 2 aliphatic rings. The van der Waals surface area contributed by atoms with Gasteiger partial charge in [0, 0.05) is 51.5 Å². The van der Waals surface area contributed by atoms with E-state index in [1.807, 2.05) is 6.20 Å². The highest BCUT2D eigenvalue weighted by atomic mass is 127. The molecular formula is C11H16IN5. The Morgan fingerprint density at radius 1 is 1.29 bits per heavy atom. The van der Waals surface area contributed by atoms with Crippen LogP contribution < -0.4 is 10.2 Å². The van der Waals surface area contributed by atoms with Crippen LogP contribution in [0.3, 0.4) is 0 Å². The maximum absolute atomic E-state index is 4.36. The van der Waals surface area contributed by atoms with Crippen LogP contribution in [0.5, 0.6) is 0 Å². The molecule has 0 aromatic carbocycles. The lowest BCUT2D eigenvalue weighted by molar-refractivity contribution is 0.147. The summed E-state index contributed by atoms with van der Waals surface area (Å²) >= 11 is 2.30. The molecular weight excluding hydrogens is 329 g/mol. The molecule has 2 saturated heterocycles. The van der Waals surface area contributed by atoms with Gasteiger partial charge >= 0.3 is 0 Å². The number of piperazine rings is 1. The number of rotatable bonds is 2. The van der Waals surface area contributed by atoms with E-state index in [-0.39, 0.29) is 0 Å². The van der Waals surface area contributed by atoms with Gasteiger partial charge in [0.05, 0.1) is 3.57 Å². The molecule has 0 saturated carbocycles. The summed E-state index contributed by atoms with van der Waals surface area (Å²) in [5, 5.41) is 3.39. The third-order valence-electron chi connectivity index (χ3n) is 3.48. The van der Waals surface area contributed by atoms with Crippen molar-refractivity contribution in [3.05, 3.63) is 16.1 Å². The monoisotopic (exact) mass is 345 g/mol. The van der Waals surface area contributed by atoms with Crippen molar-refractivity contribution in [3.63, 3.8) is 0 Å². The topological polar surface area (TPSA) is 44.3 Å². The summed E-state index contributed by atoms with van der Waals surface area (Å²) in [5.41, 5.74) is 0. The van der Waals surface area contributed by atoms with E-state index < -0.39 is 0 Å². The molecule has 0 aliphatic carbocycles. The third kappa shape index (κ3) is 2.38. The fourth-order valence-electron chi connectivity index (χ4n) is 2.45. The van der Waals surface area contributed by atoms with Crippen LogP contribution in [0.2, 0.25) is 0 Å². The van der Waals surface area contributed by atoms with Crippen molar-refractivity contribution in [2.24, 2.45) is 0 Å². The summed E-state index contributed by atoms with van der Waals surface area (Å²) in [7, 11) is 0. The van der Waals surface area contributed by atoms with Crippen LogP contribution in [-0.4, -0.2) is 60.2 Å². The lowest BCUT2D eigenvalue weighted by Gasteiger charge is -2.47. The lowest BCUT2D eigenvalue weighted by atomic mass is 10.1. The molecule has 2 aliphatic heterocycles. The minimum atomic E-state index is 0.711. The van der Waals surface area contributed by atoms with E-state index in [2.05, 4.69) is 47.7 Å². The first-order valence-electron chi connectivity index (χ1n) is 6.00. The molecule has 0 amide bonds. The van der Waals surface area contributed by atoms with E-state index >= 15 is 0 Å². The number of halogens is 1. The van der Waals surface area contributed by atoms with E-state index in [1.54, 1.807) is 6.33 Å². The molecule has 92 valence electrons. The van der Waals surface area contributed by atoms with Crippen molar-refractivity contribution in [1.29, 1.82) is 0 Å². The second kappa shape index (κ2) is 5.03. The van der Waals surface area contributed by atoms with Gasteiger partial charge in [-0.25, -0.2) is 9.97 Å². The number of nitrogens with one attached hydrogen (secondary N) is 1. The van der Waals surface area contributed by atoms with Crippen LogP contribution in [0.1, 0.15) is 0 Å². The number of anilines is 1. The van der Waals surface area contributed by atoms with E-state index in [0.717, 1.165) is 35.6 Å². The maximum Gasteiger partial charge on any atom is 0.145 e. The van der Waals surface area contributed by atoms with Gasteiger partial charge < -0.3 is 10.2 Å². The SMILES string of the molecule is Ic1cncnc1N1CC(N2CCNCC2)C1. The molecule has 1 aromatic heterocycles. The van der Waals surface area contributed by atoms with Gasteiger partial charge in [-0.15, -0.1) is 0 Å². The van der Waals surface area contributed by atoms with Crippen LogP contribution in [0, 0.1) is 3.57 Å². The van der Waals surface area contributed by atoms with Crippen LogP contribution in [0.25, 0.3) is 0 Å². The third-order valence-corrected chi connectivity index (χ3v) is 4.24. The predicted molar refractivity (Wildman–Crippen MR) is 75.2 cm³/mol. The van der Waals surface area contributed by atoms with Crippen LogP contribution in [0.4, 0.5) is 5.82 Å². The van der Waals surface area contributed by atoms with Crippen molar-refractivity contribution in [3.8, 4) is 0 Å². The second-order valence-corrected chi connectivity index (χ2v) is 5.70. The molecule has 0 radical (unpaired) electrons. The van der Waals surface area contributed by atoms with Crippen molar-refractivity contribution < 1.29 is 0 Å². The van der Waals surface area contributed by atoms with Gasteiger partial charge in [-0.1, -0.05) is 0 Å². The van der Waals surface area contributed by atoms with Crippen molar-refractivity contribution in [2.75, 3.05) is 44.2 Å². The first kappa shape index (κ1) is 11.6. The van der Waals surface area contributed by atoms with Gasteiger partial charge in [0.1, 0.15) is 12.1 Å². The molecule has 2 fully saturated rings. The zero-order valence-electron chi connectivity index (χ0n) is 9.64. The van der Waals surface area contributed by atoms with E-state index in [0.29, 0.717) is 6.04 Å². The summed E-state index contributed by atoms with van der Waals surface area (Å²) in [6, 6.07) is 0.711. The molecule has 0 spiro atoms. The standard InChI is InChI=1S/C11H16IN5/c12-10-5-14-8-15-11(10)17-6-9(7-17)16-3-1-13-2-4-16/h5,8-9,13H,1-4,6-7H2. The molecule has 0 atom stereocenters. The summed E-state index contributed by atoms with van der Waals surface area (Å²) in [5.74, 6) is 1.09. The quantitative estimate of drug-likeness (QED) is 0.775. The summed E-state index contributed by atoms with van der Waals surface area (Å²) < 4.78 is 1.14. The lowest BCUT2D eigenvalue weighted by Crippen LogP contribution is -2.63. The van der Waals surface area contributed by atoms with Gasteiger partial charge in [-0.05, 0) is 22.6 Å². The Hall–Kier alpha value is -0.470. The fraction of sp³-hybridized carbons (Fsp3) is 0.636. The van der Waals surface area contributed by atoms with Crippen LogP contribution in [0.15, 0.2) is 12.5 Å². The molecule has 17 heavy (non-hydrogen) atoms. The van der Waals surface area contributed by atoms with Crippen molar-refractivity contribution in [2.45, 2.75) is 6.04 Å². The van der Waals surface area contributed by atoms with Gasteiger partial charge in [0.25, 0.3) is 0 Å². The molecule has 0 bridgehead atoms. The first-order valence-corrected chi connectivity index (χ1v) is 7.07. The van der Waals surface area contributed by atoms with Gasteiger partial charge in [0.2, 0.25) is 0 Å².